The van der Waals surface area contributed by atoms with Gasteiger partial charge in [-0.15, -0.1) is 23.1 Å². The number of nitrogens with zero attached hydrogens (tertiary/aromatic N) is 2. The molecule has 2 aromatic carbocycles. The standard InChI is InChI=1S/C22H23FN2O2S3/c1-17-4-8-19(9-5-17)25-13-12-24(30(26,27)22-3-2-14-28-22)15-20(25)16-29-21-10-6-18(23)7-11-21/h2-11,14,20H,12-13,15-16H2,1H3/t20-/m1/s1. The van der Waals surface area contributed by atoms with Crippen LogP contribution in [0.2, 0.25) is 0 Å². The van der Waals surface area contributed by atoms with E-state index in [1.165, 1.54) is 29.0 Å². The van der Waals surface area contributed by atoms with E-state index in [-0.39, 0.29) is 11.9 Å². The molecule has 1 fully saturated rings. The lowest BCUT2D eigenvalue weighted by Crippen LogP contribution is -2.55. The molecule has 4 rings (SSSR count). The predicted molar refractivity (Wildman–Crippen MR) is 123 cm³/mol. The molecule has 1 aromatic heterocycles. The lowest BCUT2D eigenvalue weighted by molar-refractivity contribution is 0.345. The van der Waals surface area contributed by atoms with Crippen LogP contribution < -0.4 is 4.90 Å². The Balaban J connectivity index is 1.56. The minimum absolute atomic E-state index is 0.00578. The molecule has 0 spiro atoms. The Bertz CT molecular complexity index is 1070. The topological polar surface area (TPSA) is 40.6 Å². The number of thiophene rings is 1. The second-order valence-corrected chi connectivity index (χ2v) is 11.4. The molecule has 4 nitrogen and oxygen atoms in total. The van der Waals surface area contributed by atoms with Crippen LogP contribution in [0.5, 0.6) is 0 Å². The highest BCUT2D eigenvalue weighted by molar-refractivity contribution is 7.99. The first-order valence-corrected chi connectivity index (χ1v) is 13.0. The average Bonchev–Trinajstić information content (AvgIpc) is 3.30. The summed E-state index contributed by atoms with van der Waals surface area (Å²) in [6.07, 6.45) is 0. The van der Waals surface area contributed by atoms with Crippen LogP contribution in [-0.4, -0.2) is 44.2 Å². The van der Waals surface area contributed by atoms with Gasteiger partial charge in [-0.05, 0) is 54.8 Å². The first-order chi connectivity index (χ1) is 14.4. The monoisotopic (exact) mass is 462 g/mol. The highest BCUT2D eigenvalue weighted by Crippen LogP contribution is 2.30. The molecule has 3 aromatic rings. The van der Waals surface area contributed by atoms with Gasteiger partial charge in [-0.3, -0.25) is 0 Å². The van der Waals surface area contributed by atoms with Gasteiger partial charge in [0.1, 0.15) is 10.0 Å². The highest BCUT2D eigenvalue weighted by Gasteiger charge is 2.34. The molecule has 1 aliphatic rings. The van der Waals surface area contributed by atoms with Crippen LogP contribution in [0, 0.1) is 12.7 Å². The number of anilines is 1. The van der Waals surface area contributed by atoms with Crippen LogP contribution >= 0.6 is 23.1 Å². The van der Waals surface area contributed by atoms with Crippen LogP contribution in [0.3, 0.4) is 0 Å². The van der Waals surface area contributed by atoms with Crippen molar-refractivity contribution < 1.29 is 12.8 Å². The second-order valence-electron chi connectivity index (χ2n) is 7.24. The third-order valence-corrected chi connectivity index (χ3v) is 9.55. The van der Waals surface area contributed by atoms with Crippen molar-refractivity contribution in [1.29, 1.82) is 0 Å². The minimum Gasteiger partial charge on any atom is -0.365 e. The van der Waals surface area contributed by atoms with Gasteiger partial charge < -0.3 is 4.90 Å². The van der Waals surface area contributed by atoms with Gasteiger partial charge in [0.15, 0.2) is 0 Å². The first kappa shape index (κ1) is 21.4. The molecule has 0 N–H and O–H groups in total. The Morgan fingerprint density at radius 3 is 2.47 bits per heavy atom. The van der Waals surface area contributed by atoms with Crippen LogP contribution in [0.4, 0.5) is 10.1 Å². The van der Waals surface area contributed by atoms with E-state index in [0.29, 0.717) is 29.6 Å². The Labute approximate surface area is 185 Å². The Hall–Kier alpha value is -1.87. The van der Waals surface area contributed by atoms with Crippen LogP contribution in [0.25, 0.3) is 0 Å². The molecule has 0 amide bonds. The van der Waals surface area contributed by atoms with E-state index < -0.39 is 10.0 Å². The van der Waals surface area contributed by atoms with Gasteiger partial charge in [-0.1, -0.05) is 23.8 Å². The number of sulfonamides is 1. The van der Waals surface area contributed by atoms with Crippen molar-refractivity contribution in [1.82, 2.24) is 4.31 Å². The van der Waals surface area contributed by atoms with Gasteiger partial charge in [-0.25, -0.2) is 12.8 Å². The summed E-state index contributed by atoms with van der Waals surface area (Å²) in [6, 6.07) is 18.2. The molecule has 1 atom stereocenters. The normalized spacial score (nSPS) is 17.9. The molecule has 1 aliphatic heterocycles. The minimum atomic E-state index is -3.49. The third-order valence-electron chi connectivity index (χ3n) is 5.16. The molecule has 0 unspecified atom stereocenters. The number of hydrogen-bond acceptors (Lipinski definition) is 5. The summed E-state index contributed by atoms with van der Waals surface area (Å²) in [5.74, 6) is 0.446. The summed E-state index contributed by atoms with van der Waals surface area (Å²) in [4.78, 5) is 3.26. The largest absolute Gasteiger partial charge is 0.365 e. The maximum absolute atomic E-state index is 13.2. The summed E-state index contributed by atoms with van der Waals surface area (Å²) < 4.78 is 41.3. The Morgan fingerprint density at radius 1 is 1.07 bits per heavy atom. The maximum atomic E-state index is 13.2. The second kappa shape index (κ2) is 9.09. The van der Waals surface area contributed by atoms with Crippen molar-refractivity contribution in [3.05, 3.63) is 77.4 Å². The molecule has 30 heavy (non-hydrogen) atoms. The van der Waals surface area contributed by atoms with E-state index in [2.05, 4.69) is 36.1 Å². The van der Waals surface area contributed by atoms with E-state index in [9.17, 15) is 12.8 Å². The van der Waals surface area contributed by atoms with Gasteiger partial charge in [0.05, 0.1) is 6.04 Å². The molecule has 1 saturated heterocycles. The molecular formula is C22H23FN2O2S3. The molecule has 158 valence electrons. The zero-order valence-electron chi connectivity index (χ0n) is 16.6. The van der Waals surface area contributed by atoms with Crippen LogP contribution in [0.1, 0.15) is 5.56 Å². The fraction of sp³-hybridized carbons (Fsp3) is 0.273. The highest BCUT2D eigenvalue weighted by atomic mass is 32.2. The van der Waals surface area contributed by atoms with Crippen LogP contribution in [-0.2, 0) is 10.0 Å². The van der Waals surface area contributed by atoms with Gasteiger partial charge in [0.25, 0.3) is 10.0 Å². The average molecular weight is 463 g/mol. The predicted octanol–water partition coefficient (Wildman–Crippen LogP) is 4.87. The van der Waals surface area contributed by atoms with Crippen LogP contribution in [0.15, 0.2) is 75.1 Å². The number of hydrogen-bond donors (Lipinski definition) is 0. The number of rotatable bonds is 6. The number of piperazine rings is 1. The van der Waals surface area contributed by atoms with Crippen molar-refractivity contribution in [3.63, 3.8) is 0 Å². The Kier molecular flexibility index (Phi) is 6.48. The maximum Gasteiger partial charge on any atom is 0.252 e. The SMILES string of the molecule is Cc1ccc(N2CCN(S(=O)(=O)c3cccs3)C[C@@H]2CSc2ccc(F)cc2)cc1. The number of benzene rings is 2. The van der Waals surface area contributed by atoms with Gasteiger partial charge in [-0.2, -0.15) is 4.31 Å². The molecular weight excluding hydrogens is 439 g/mol. The zero-order valence-corrected chi connectivity index (χ0v) is 19.0. The summed E-state index contributed by atoms with van der Waals surface area (Å²) in [5.41, 5.74) is 2.29. The number of halogens is 1. The smallest absolute Gasteiger partial charge is 0.252 e. The van der Waals surface area contributed by atoms with Crippen molar-refractivity contribution >= 4 is 38.8 Å². The third kappa shape index (κ3) is 4.72. The van der Waals surface area contributed by atoms with E-state index in [1.54, 1.807) is 45.7 Å². The van der Waals surface area contributed by atoms with Crippen molar-refractivity contribution in [3.8, 4) is 0 Å². The van der Waals surface area contributed by atoms with Crippen molar-refractivity contribution in [2.75, 3.05) is 30.3 Å². The quantitative estimate of drug-likeness (QED) is 0.490. The molecule has 0 bridgehead atoms. The zero-order chi connectivity index (χ0) is 21.1. The van der Waals surface area contributed by atoms with Gasteiger partial charge >= 0.3 is 0 Å². The molecule has 8 heteroatoms. The summed E-state index contributed by atoms with van der Waals surface area (Å²) >= 11 is 2.87. The Morgan fingerprint density at radius 2 is 1.80 bits per heavy atom. The lowest BCUT2D eigenvalue weighted by Gasteiger charge is -2.42. The molecule has 0 aliphatic carbocycles. The van der Waals surface area contributed by atoms with Crippen molar-refractivity contribution in [2.24, 2.45) is 0 Å². The molecule has 2 heterocycles. The first-order valence-electron chi connectivity index (χ1n) is 9.69. The summed E-state index contributed by atoms with van der Waals surface area (Å²) in [5, 5.41) is 1.79. The van der Waals surface area contributed by atoms with Crippen molar-refractivity contribution in [2.45, 2.75) is 22.1 Å². The number of aryl methyl sites for hydroxylation is 1. The van der Waals surface area contributed by atoms with E-state index in [1.807, 2.05) is 0 Å². The van der Waals surface area contributed by atoms with Gasteiger partial charge in [0.2, 0.25) is 0 Å². The number of thioether (sulfide) groups is 1. The fourth-order valence-corrected chi connectivity index (χ4v) is 7.14. The van der Waals surface area contributed by atoms with E-state index in [0.717, 1.165) is 10.6 Å². The lowest BCUT2D eigenvalue weighted by atomic mass is 10.1. The molecule has 0 radical (unpaired) electrons. The summed E-state index contributed by atoms with van der Waals surface area (Å²) in [7, 11) is -3.49. The van der Waals surface area contributed by atoms with Gasteiger partial charge in [0, 0.05) is 36.0 Å². The van der Waals surface area contributed by atoms with E-state index >= 15 is 0 Å². The fourth-order valence-electron chi connectivity index (χ4n) is 3.52. The molecule has 0 saturated carbocycles. The van der Waals surface area contributed by atoms with E-state index in [4.69, 9.17) is 0 Å². The summed E-state index contributed by atoms with van der Waals surface area (Å²) in [6.45, 7) is 3.55.